The molecule has 0 fully saturated rings. The molecule has 0 aromatic heterocycles. The molecule has 47 heavy (non-hydrogen) atoms. The van der Waals surface area contributed by atoms with Crippen LogP contribution in [0.4, 0.5) is 0 Å². The molecule has 0 spiro atoms. The van der Waals surface area contributed by atoms with Gasteiger partial charge in [-0.1, -0.05) is 119 Å². The van der Waals surface area contributed by atoms with Crippen molar-refractivity contribution in [2.24, 2.45) is 0 Å². The Labute approximate surface area is 285 Å². The Morgan fingerprint density at radius 1 is 0.617 bits per heavy atom. The van der Waals surface area contributed by atoms with Crippen molar-refractivity contribution in [3.05, 3.63) is 72.9 Å². The highest BCUT2D eigenvalue weighted by Gasteiger charge is 2.25. The predicted octanol–water partition coefficient (Wildman–Crippen LogP) is 10.6. The standard InChI is InChI=1S/C38H63O8P/c1-4-7-9-11-13-15-17-19-20-21-23-25-27-29-31-33-38(40)46-36(35-45-47(41,42)44-6-3)34-43-37(39)32-30-28-26-24-22-18-16-14-12-10-8-5-2/h7,9,13-16,19-20,23,25,29,31,36H,4-6,8,10-12,17-18,21-22,24,26-28,30,32-35H2,1-3H3,(H,41,42)/b9-7-,15-13-,16-14-,20-19-,25-23-,31-29-. The number of hydrogen-bond acceptors (Lipinski definition) is 7. The molecule has 0 aromatic carbocycles. The maximum atomic E-state index is 12.4. The van der Waals surface area contributed by atoms with E-state index in [0.717, 1.165) is 64.2 Å². The zero-order valence-corrected chi connectivity index (χ0v) is 30.3. The Hall–Kier alpha value is -2.51. The van der Waals surface area contributed by atoms with Gasteiger partial charge in [0.1, 0.15) is 6.61 Å². The van der Waals surface area contributed by atoms with Crippen molar-refractivity contribution in [2.75, 3.05) is 19.8 Å². The molecule has 0 aliphatic heterocycles. The van der Waals surface area contributed by atoms with Crippen molar-refractivity contribution in [3.8, 4) is 0 Å². The fourth-order valence-corrected chi connectivity index (χ4v) is 4.98. The van der Waals surface area contributed by atoms with Crippen molar-refractivity contribution in [1.82, 2.24) is 0 Å². The van der Waals surface area contributed by atoms with Gasteiger partial charge in [0.05, 0.1) is 19.6 Å². The van der Waals surface area contributed by atoms with Crippen molar-refractivity contribution in [2.45, 2.75) is 136 Å². The second-order valence-corrected chi connectivity index (χ2v) is 12.6. The number of phosphoric acid groups is 1. The number of hydrogen-bond donors (Lipinski definition) is 1. The summed E-state index contributed by atoms with van der Waals surface area (Å²) in [6, 6.07) is 0. The summed E-state index contributed by atoms with van der Waals surface area (Å²) in [5, 5.41) is 0. The minimum absolute atomic E-state index is 0.00879. The van der Waals surface area contributed by atoms with E-state index in [1.165, 1.54) is 19.3 Å². The number of esters is 2. The summed E-state index contributed by atoms with van der Waals surface area (Å²) in [5.74, 6) is -0.966. The fraction of sp³-hybridized carbons (Fsp3) is 0.632. The van der Waals surface area contributed by atoms with Crippen LogP contribution in [-0.2, 0) is 32.7 Å². The molecule has 0 aliphatic rings. The summed E-state index contributed by atoms with van der Waals surface area (Å²) in [5.41, 5.74) is 0. The lowest BCUT2D eigenvalue weighted by atomic mass is 10.1. The van der Waals surface area contributed by atoms with Gasteiger partial charge in [0.25, 0.3) is 0 Å². The smallest absolute Gasteiger partial charge is 0.462 e. The van der Waals surface area contributed by atoms with Crippen molar-refractivity contribution in [1.29, 1.82) is 0 Å². The van der Waals surface area contributed by atoms with Crippen molar-refractivity contribution >= 4 is 19.8 Å². The Morgan fingerprint density at radius 2 is 1.15 bits per heavy atom. The lowest BCUT2D eigenvalue weighted by Gasteiger charge is -2.19. The van der Waals surface area contributed by atoms with Crippen LogP contribution >= 0.6 is 7.82 Å². The minimum atomic E-state index is -4.30. The molecule has 1 N–H and O–H groups in total. The van der Waals surface area contributed by atoms with Crippen LogP contribution in [0.1, 0.15) is 130 Å². The first kappa shape index (κ1) is 44.5. The van der Waals surface area contributed by atoms with Gasteiger partial charge in [0.15, 0.2) is 6.10 Å². The Kier molecular flexibility index (Phi) is 31.6. The lowest BCUT2D eigenvalue weighted by molar-refractivity contribution is -0.160. The number of unbranched alkanes of at least 4 members (excludes halogenated alkanes) is 8. The number of phosphoric ester groups is 1. The highest BCUT2D eigenvalue weighted by Crippen LogP contribution is 2.43. The maximum absolute atomic E-state index is 12.4. The highest BCUT2D eigenvalue weighted by atomic mass is 31.2. The molecule has 0 radical (unpaired) electrons. The molecule has 0 amide bonds. The van der Waals surface area contributed by atoms with Crippen molar-refractivity contribution < 1.29 is 37.6 Å². The van der Waals surface area contributed by atoms with E-state index in [1.54, 1.807) is 13.0 Å². The number of carbonyl (C=O) groups excluding carboxylic acids is 2. The van der Waals surface area contributed by atoms with Gasteiger partial charge in [-0.05, 0) is 71.1 Å². The predicted molar refractivity (Wildman–Crippen MR) is 193 cm³/mol. The number of allylic oxidation sites excluding steroid dienone is 11. The molecule has 2 unspecified atom stereocenters. The van der Waals surface area contributed by atoms with Crippen LogP contribution < -0.4 is 0 Å². The van der Waals surface area contributed by atoms with E-state index < -0.39 is 32.5 Å². The average molecular weight is 679 g/mol. The van der Waals surface area contributed by atoms with E-state index in [4.69, 9.17) is 18.5 Å². The van der Waals surface area contributed by atoms with E-state index in [0.29, 0.717) is 12.8 Å². The quantitative estimate of drug-likeness (QED) is 0.0334. The van der Waals surface area contributed by atoms with Gasteiger partial charge in [-0.15, -0.1) is 0 Å². The molecule has 0 saturated heterocycles. The molecule has 268 valence electrons. The van der Waals surface area contributed by atoms with Crippen LogP contribution in [0, 0.1) is 0 Å². The van der Waals surface area contributed by atoms with Crippen LogP contribution in [0.5, 0.6) is 0 Å². The summed E-state index contributed by atoms with van der Waals surface area (Å²) >= 11 is 0. The normalized spacial score (nSPS) is 14.4. The first-order chi connectivity index (χ1) is 22.8. The van der Waals surface area contributed by atoms with Crippen molar-refractivity contribution in [3.63, 3.8) is 0 Å². The monoisotopic (exact) mass is 678 g/mol. The molecule has 0 rings (SSSR count). The zero-order chi connectivity index (χ0) is 34.7. The zero-order valence-electron chi connectivity index (χ0n) is 29.4. The number of carbonyl (C=O) groups is 2. The fourth-order valence-electron chi connectivity index (χ4n) is 4.23. The number of ether oxygens (including phenoxy) is 2. The van der Waals surface area contributed by atoms with Gasteiger partial charge in [-0.2, -0.15) is 0 Å². The Bertz CT molecular complexity index is 996. The Morgan fingerprint density at radius 3 is 1.72 bits per heavy atom. The van der Waals surface area contributed by atoms with Crippen LogP contribution in [-0.4, -0.2) is 42.8 Å². The molecule has 9 heteroatoms. The molecular weight excluding hydrogens is 615 g/mol. The summed E-state index contributed by atoms with van der Waals surface area (Å²) in [6.45, 7) is 5.17. The highest BCUT2D eigenvalue weighted by molar-refractivity contribution is 7.47. The van der Waals surface area contributed by atoms with Gasteiger partial charge >= 0.3 is 19.8 Å². The second kappa shape index (κ2) is 33.4. The van der Waals surface area contributed by atoms with Gasteiger partial charge in [0.2, 0.25) is 0 Å². The molecule has 0 heterocycles. The first-order valence-electron chi connectivity index (χ1n) is 17.7. The number of rotatable bonds is 31. The lowest BCUT2D eigenvalue weighted by Crippen LogP contribution is -2.29. The van der Waals surface area contributed by atoms with Gasteiger partial charge in [-0.25, -0.2) is 4.57 Å². The van der Waals surface area contributed by atoms with E-state index in [9.17, 15) is 19.0 Å². The van der Waals surface area contributed by atoms with Gasteiger partial charge < -0.3 is 14.4 Å². The summed E-state index contributed by atoms with van der Waals surface area (Å²) in [7, 11) is -4.30. The van der Waals surface area contributed by atoms with Gasteiger partial charge in [0, 0.05) is 6.42 Å². The first-order valence-corrected chi connectivity index (χ1v) is 19.2. The van der Waals surface area contributed by atoms with Gasteiger partial charge in [-0.3, -0.25) is 18.6 Å². The third-order valence-electron chi connectivity index (χ3n) is 6.78. The maximum Gasteiger partial charge on any atom is 0.472 e. The summed E-state index contributed by atoms with van der Waals surface area (Å²) in [4.78, 5) is 34.4. The topological polar surface area (TPSA) is 108 Å². The third-order valence-corrected chi connectivity index (χ3v) is 7.84. The largest absolute Gasteiger partial charge is 0.472 e. The van der Waals surface area contributed by atoms with Crippen LogP contribution in [0.15, 0.2) is 72.9 Å². The molecule has 0 aliphatic carbocycles. The second-order valence-electron chi connectivity index (χ2n) is 11.2. The minimum Gasteiger partial charge on any atom is -0.462 e. The Balaban J connectivity index is 4.38. The van der Waals surface area contributed by atoms with Crippen LogP contribution in [0.3, 0.4) is 0 Å². The molecule has 8 nitrogen and oxygen atoms in total. The summed E-state index contributed by atoms with van der Waals surface area (Å²) in [6.07, 6.45) is 39.9. The SMILES string of the molecule is CC/C=C\C/C=C\C/C=C\C/C=C\C/C=C\CC(=O)OC(COC(=O)CCCCCCC/C=C\CCCCC)COP(=O)(O)OCC. The third kappa shape index (κ3) is 33.2. The molecule has 0 bridgehead atoms. The molecule has 0 aromatic rings. The molecule has 2 atom stereocenters. The van der Waals surface area contributed by atoms with E-state index in [-0.39, 0.29) is 26.1 Å². The van der Waals surface area contributed by atoms with Crippen LogP contribution in [0.2, 0.25) is 0 Å². The van der Waals surface area contributed by atoms with E-state index in [2.05, 4.69) is 68.5 Å². The molecule has 0 saturated carbocycles. The molecular formula is C38H63O8P. The van der Waals surface area contributed by atoms with E-state index >= 15 is 0 Å². The van der Waals surface area contributed by atoms with Crippen LogP contribution in [0.25, 0.3) is 0 Å². The average Bonchev–Trinajstić information content (AvgIpc) is 3.04. The summed E-state index contributed by atoms with van der Waals surface area (Å²) < 4.78 is 32.3. The van der Waals surface area contributed by atoms with E-state index in [1.807, 2.05) is 12.2 Å².